The number of hydrogen-bond acceptors (Lipinski definition) is 5. The van der Waals surface area contributed by atoms with Gasteiger partial charge in [-0.1, -0.05) is 0 Å². The Morgan fingerprint density at radius 1 is 1.29 bits per heavy atom. The summed E-state index contributed by atoms with van der Waals surface area (Å²) in [5.74, 6) is 0. The molecule has 1 aromatic heterocycles. The summed E-state index contributed by atoms with van der Waals surface area (Å²) in [4.78, 5) is 0. The Hall–Kier alpha value is -0.650. The highest BCUT2D eigenvalue weighted by Crippen LogP contribution is 2.31. The molecule has 5 heteroatoms. The van der Waals surface area contributed by atoms with Crippen LogP contribution in [0, 0.1) is 13.8 Å². The zero-order valence-electron chi connectivity index (χ0n) is 10.4. The molecule has 2 rings (SSSR count). The first-order valence-electron chi connectivity index (χ1n) is 5.99. The summed E-state index contributed by atoms with van der Waals surface area (Å²) in [6.45, 7) is 6.29. The first kappa shape index (κ1) is 12.8. The third-order valence-electron chi connectivity index (χ3n) is 3.20. The van der Waals surface area contributed by atoms with Gasteiger partial charge in [-0.2, -0.15) is 5.10 Å². The number of nitrogens with two attached hydrogens (primary N) is 1. The van der Waals surface area contributed by atoms with Crippen molar-refractivity contribution in [2.45, 2.75) is 43.5 Å². The van der Waals surface area contributed by atoms with Crippen molar-refractivity contribution >= 4 is 11.8 Å². The molecule has 0 amide bonds. The van der Waals surface area contributed by atoms with Crippen LogP contribution in [0.2, 0.25) is 0 Å². The van der Waals surface area contributed by atoms with E-state index in [0.29, 0.717) is 11.8 Å². The van der Waals surface area contributed by atoms with Gasteiger partial charge >= 0.3 is 0 Å². The number of ether oxygens (including phenoxy) is 1. The largest absolute Gasteiger partial charge is 0.381 e. The molecule has 1 aliphatic rings. The molecule has 1 aromatic rings. The molecule has 0 unspecified atom stereocenters. The number of thioether (sulfide) groups is 1. The van der Waals surface area contributed by atoms with E-state index >= 15 is 0 Å². The lowest BCUT2D eigenvalue weighted by Gasteiger charge is -2.22. The molecular weight excluding hydrogens is 234 g/mol. The maximum Gasteiger partial charge on any atom is 0.124 e. The van der Waals surface area contributed by atoms with Gasteiger partial charge in [-0.25, -0.2) is 0 Å². The molecule has 0 bridgehead atoms. The normalized spacial score (nSPS) is 17.4. The predicted molar refractivity (Wildman–Crippen MR) is 69.1 cm³/mol. The summed E-state index contributed by atoms with van der Waals surface area (Å²) in [6.07, 6.45) is 2.17. The summed E-state index contributed by atoms with van der Waals surface area (Å²) < 4.78 is 5.36. The molecule has 94 valence electrons. The molecule has 1 saturated heterocycles. The van der Waals surface area contributed by atoms with Crippen LogP contribution in [0.5, 0.6) is 0 Å². The van der Waals surface area contributed by atoms with Crippen LogP contribution in [0.25, 0.3) is 0 Å². The highest BCUT2D eigenvalue weighted by atomic mass is 32.2. The van der Waals surface area contributed by atoms with Crippen molar-refractivity contribution in [1.82, 2.24) is 10.2 Å². The quantitative estimate of drug-likeness (QED) is 0.890. The molecule has 4 nitrogen and oxygen atoms in total. The average Bonchev–Trinajstić information content (AvgIpc) is 2.36. The van der Waals surface area contributed by atoms with Gasteiger partial charge in [0.1, 0.15) is 5.03 Å². The Balaban J connectivity index is 2.17. The maximum absolute atomic E-state index is 5.82. The van der Waals surface area contributed by atoms with Crippen LogP contribution >= 0.6 is 11.8 Å². The van der Waals surface area contributed by atoms with E-state index in [1.165, 1.54) is 5.56 Å². The van der Waals surface area contributed by atoms with Crippen LogP contribution in [0.4, 0.5) is 0 Å². The second-order valence-corrected chi connectivity index (χ2v) is 5.62. The molecule has 1 fully saturated rings. The zero-order chi connectivity index (χ0) is 12.3. The topological polar surface area (TPSA) is 61.0 Å². The van der Waals surface area contributed by atoms with Crippen molar-refractivity contribution < 1.29 is 4.74 Å². The third kappa shape index (κ3) is 2.97. The van der Waals surface area contributed by atoms with Gasteiger partial charge in [0.15, 0.2) is 0 Å². The number of aromatic nitrogens is 2. The van der Waals surface area contributed by atoms with Gasteiger partial charge in [-0.15, -0.1) is 16.9 Å². The highest BCUT2D eigenvalue weighted by Gasteiger charge is 2.19. The predicted octanol–water partition coefficient (Wildman–Crippen LogP) is 1.82. The summed E-state index contributed by atoms with van der Waals surface area (Å²) in [5.41, 5.74) is 9.12. The van der Waals surface area contributed by atoms with Gasteiger partial charge in [-0.05, 0) is 32.3 Å². The summed E-state index contributed by atoms with van der Waals surface area (Å²) in [6, 6.07) is 0. The molecule has 0 radical (unpaired) electrons. The fraction of sp³-hybridized carbons (Fsp3) is 0.667. The summed E-state index contributed by atoms with van der Waals surface area (Å²) >= 11 is 1.80. The minimum atomic E-state index is 0.535. The number of nitrogens with zero attached hydrogens (tertiary/aromatic N) is 2. The van der Waals surface area contributed by atoms with Crippen LogP contribution in [-0.2, 0) is 11.3 Å². The molecule has 2 N–H and O–H groups in total. The highest BCUT2D eigenvalue weighted by molar-refractivity contribution is 7.99. The molecule has 17 heavy (non-hydrogen) atoms. The van der Waals surface area contributed by atoms with Crippen LogP contribution in [0.1, 0.15) is 29.7 Å². The van der Waals surface area contributed by atoms with Crippen molar-refractivity contribution in [1.29, 1.82) is 0 Å². The van der Waals surface area contributed by atoms with Gasteiger partial charge in [0, 0.05) is 30.6 Å². The molecule has 0 aromatic carbocycles. The lowest BCUT2D eigenvalue weighted by atomic mass is 10.1. The molecule has 0 aliphatic carbocycles. The zero-order valence-corrected chi connectivity index (χ0v) is 11.2. The lowest BCUT2D eigenvalue weighted by Crippen LogP contribution is -2.18. The van der Waals surface area contributed by atoms with Crippen molar-refractivity contribution in [3.63, 3.8) is 0 Å². The monoisotopic (exact) mass is 253 g/mol. The molecular formula is C12H19N3OS. The fourth-order valence-electron chi connectivity index (χ4n) is 1.92. The van der Waals surface area contributed by atoms with E-state index in [2.05, 4.69) is 17.1 Å². The SMILES string of the molecule is Cc1nnc(SC2CCOCC2)c(CN)c1C. The molecule has 0 atom stereocenters. The molecule has 0 spiro atoms. The standard InChI is InChI=1S/C12H19N3OS/c1-8-9(2)14-15-12(11(8)7-13)17-10-3-5-16-6-4-10/h10H,3-7,13H2,1-2H3. The van der Waals surface area contributed by atoms with E-state index in [1.807, 2.05) is 6.92 Å². The van der Waals surface area contributed by atoms with Crippen molar-refractivity contribution in [3.8, 4) is 0 Å². The second-order valence-electron chi connectivity index (χ2n) is 4.33. The van der Waals surface area contributed by atoms with E-state index in [0.717, 1.165) is 42.3 Å². The Bertz CT molecular complexity index is 392. The first-order chi connectivity index (χ1) is 8.22. The van der Waals surface area contributed by atoms with Gasteiger partial charge in [-0.3, -0.25) is 0 Å². The number of aryl methyl sites for hydroxylation is 1. The van der Waals surface area contributed by atoms with Crippen molar-refractivity contribution in [2.75, 3.05) is 13.2 Å². The van der Waals surface area contributed by atoms with E-state index < -0.39 is 0 Å². The van der Waals surface area contributed by atoms with Crippen LogP contribution in [-0.4, -0.2) is 28.7 Å². The number of rotatable bonds is 3. The molecule has 0 saturated carbocycles. The Kier molecular flexibility index (Phi) is 4.36. The second kappa shape index (κ2) is 5.80. The summed E-state index contributed by atoms with van der Waals surface area (Å²) in [5, 5.41) is 10.1. The maximum atomic E-state index is 5.82. The van der Waals surface area contributed by atoms with Crippen LogP contribution < -0.4 is 5.73 Å². The van der Waals surface area contributed by atoms with Crippen LogP contribution in [0.15, 0.2) is 5.03 Å². The minimum Gasteiger partial charge on any atom is -0.381 e. The van der Waals surface area contributed by atoms with E-state index in [9.17, 15) is 0 Å². The minimum absolute atomic E-state index is 0.535. The van der Waals surface area contributed by atoms with E-state index in [-0.39, 0.29) is 0 Å². The average molecular weight is 253 g/mol. The van der Waals surface area contributed by atoms with Gasteiger partial charge < -0.3 is 10.5 Å². The fourth-order valence-corrected chi connectivity index (χ4v) is 3.13. The Labute approximate surface area is 106 Å². The first-order valence-corrected chi connectivity index (χ1v) is 6.87. The Morgan fingerprint density at radius 3 is 2.65 bits per heavy atom. The number of hydrogen-bond donors (Lipinski definition) is 1. The molecule has 1 aliphatic heterocycles. The van der Waals surface area contributed by atoms with Crippen molar-refractivity contribution in [2.24, 2.45) is 5.73 Å². The van der Waals surface area contributed by atoms with Gasteiger partial charge in [0.25, 0.3) is 0 Å². The van der Waals surface area contributed by atoms with Gasteiger partial charge in [0.05, 0.1) is 5.69 Å². The Morgan fingerprint density at radius 2 is 2.00 bits per heavy atom. The van der Waals surface area contributed by atoms with Crippen LogP contribution in [0.3, 0.4) is 0 Å². The lowest BCUT2D eigenvalue weighted by molar-refractivity contribution is 0.1000. The smallest absolute Gasteiger partial charge is 0.124 e. The van der Waals surface area contributed by atoms with E-state index in [1.54, 1.807) is 11.8 Å². The van der Waals surface area contributed by atoms with Gasteiger partial charge in [0.2, 0.25) is 0 Å². The van der Waals surface area contributed by atoms with Crippen molar-refractivity contribution in [3.05, 3.63) is 16.8 Å². The third-order valence-corrected chi connectivity index (χ3v) is 4.55. The van der Waals surface area contributed by atoms with E-state index in [4.69, 9.17) is 10.5 Å². The molecule has 2 heterocycles. The summed E-state index contributed by atoms with van der Waals surface area (Å²) in [7, 11) is 0.